The molecule has 2 saturated heterocycles. The van der Waals surface area contributed by atoms with Crippen LogP contribution in [0.25, 0.3) is 0 Å². The van der Waals surface area contributed by atoms with E-state index in [1.165, 1.54) is 22.5 Å². The number of β-amino-alcohol motifs (C(OH)–C–C–N with tert-alkyl or cyclic N) is 2. The van der Waals surface area contributed by atoms with E-state index in [1.807, 2.05) is 24.3 Å². The van der Waals surface area contributed by atoms with E-state index in [4.69, 9.17) is 9.47 Å². The molecule has 0 amide bonds. The number of rotatable bonds is 12. The minimum absolute atomic E-state index is 0.244. The first-order valence-corrected chi connectivity index (χ1v) is 15.2. The van der Waals surface area contributed by atoms with Crippen LogP contribution in [0.3, 0.4) is 0 Å². The van der Waals surface area contributed by atoms with Crippen molar-refractivity contribution in [2.24, 2.45) is 0 Å². The molecular weight excluding hydrogens is 528 g/mol. The Morgan fingerprint density at radius 1 is 0.524 bits per heavy atom. The Morgan fingerprint density at radius 3 is 1.19 bits per heavy atom. The van der Waals surface area contributed by atoms with E-state index < -0.39 is 12.2 Å². The Morgan fingerprint density at radius 2 is 0.857 bits per heavy atom. The summed E-state index contributed by atoms with van der Waals surface area (Å²) in [6.45, 7) is 13.4. The summed E-state index contributed by atoms with van der Waals surface area (Å²) in [6.07, 6.45) is -1.11. The standard InChI is InChI=1S/C34H46N4O4/c1-27-3-7-29(8-4-27)37-19-15-35(16-20-37)23-31(39)25-41-33-11-13-34(14-12-33)42-26-32(40)24-36-17-21-38(22-18-36)30-9-5-28(2)6-10-30/h3-14,31-32,39-40H,15-26H2,1-2H3/t31-,32-/m0/s1. The van der Waals surface area contributed by atoms with Gasteiger partial charge in [0.05, 0.1) is 0 Å². The number of aliphatic hydroxyl groups is 2. The van der Waals surface area contributed by atoms with E-state index in [1.54, 1.807) is 0 Å². The maximum atomic E-state index is 10.6. The van der Waals surface area contributed by atoms with Gasteiger partial charge in [0, 0.05) is 76.8 Å². The Hall–Kier alpha value is -3.30. The first kappa shape index (κ1) is 30.2. The second-order valence-corrected chi connectivity index (χ2v) is 11.6. The topological polar surface area (TPSA) is 71.9 Å². The van der Waals surface area contributed by atoms with Crippen molar-refractivity contribution in [2.75, 3.05) is 88.5 Å². The molecule has 0 radical (unpaired) electrons. The smallest absolute Gasteiger partial charge is 0.119 e. The van der Waals surface area contributed by atoms with E-state index >= 15 is 0 Å². The minimum atomic E-state index is -0.555. The lowest BCUT2D eigenvalue weighted by molar-refractivity contribution is 0.0650. The quantitative estimate of drug-likeness (QED) is 0.341. The molecule has 5 rings (SSSR count). The number of hydrogen-bond donors (Lipinski definition) is 2. The van der Waals surface area contributed by atoms with E-state index in [2.05, 4.69) is 82.0 Å². The largest absolute Gasteiger partial charge is 0.491 e. The molecule has 42 heavy (non-hydrogen) atoms. The normalized spacial score (nSPS) is 18.1. The lowest BCUT2D eigenvalue weighted by Crippen LogP contribution is -2.49. The van der Waals surface area contributed by atoms with Crippen LogP contribution in [0.15, 0.2) is 72.8 Å². The monoisotopic (exact) mass is 574 g/mol. The second kappa shape index (κ2) is 14.7. The van der Waals surface area contributed by atoms with Crippen molar-refractivity contribution < 1.29 is 19.7 Å². The Kier molecular flexibility index (Phi) is 10.6. The summed E-state index contributed by atoms with van der Waals surface area (Å²) in [5, 5.41) is 21.1. The van der Waals surface area contributed by atoms with Crippen molar-refractivity contribution in [1.29, 1.82) is 0 Å². The van der Waals surface area contributed by atoms with E-state index in [-0.39, 0.29) is 13.2 Å². The van der Waals surface area contributed by atoms with Gasteiger partial charge < -0.3 is 29.5 Å². The van der Waals surface area contributed by atoms with Crippen molar-refractivity contribution in [3.63, 3.8) is 0 Å². The van der Waals surface area contributed by atoms with Gasteiger partial charge in [0.25, 0.3) is 0 Å². The summed E-state index contributed by atoms with van der Waals surface area (Å²) in [5.41, 5.74) is 5.07. The SMILES string of the molecule is Cc1ccc(N2CCN(C[C@H](O)COc3ccc(OC[C@@H](O)CN4CCN(c5ccc(C)cc5)CC4)cc3)CC2)cc1. The van der Waals surface area contributed by atoms with Gasteiger partial charge in [-0.3, -0.25) is 9.80 Å². The third kappa shape index (κ3) is 8.85. The van der Waals surface area contributed by atoms with Crippen LogP contribution < -0.4 is 19.3 Å². The molecule has 0 spiro atoms. The molecule has 2 N–H and O–H groups in total. The molecule has 2 heterocycles. The number of ether oxygens (including phenoxy) is 2. The van der Waals surface area contributed by atoms with Crippen molar-refractivity contribution >= 4 is 11.4 Å². The van der Waals surface area contributed by atoms with Crippen LogP contribution in [0.4, 0.5) is 11.4 Å². The molecule has 0 saturated carbocycles. The molecule has 3 aromatic carbocycles. The van der Waals surface area contributed by atoms with Crippen LogP contribution in [0.1, 0.15) is 11.1 Å². The summed E-state index contributed by atoms with van der Waals surface area (Å²) in [4.78, 5) is 9.39. The fourth-order valence-corrected chi connectivity index (χ4v) is 5.61. The Bertz CT molecular complexity index is 1110. The summed E-state index contributed by atoms with van der Waals surface area (Å²) >= 11 is 0. The number of benzene rings is 3. The average molecular weight is 575 g/mol. The highest BCUT2D eigenvalue weighted by atomic mass is 16.5. The molecule has 226 valence electrons. The van der Waals surface area contributed by atoms with Crippen LogP contribution in [0.5, 0.6) is 11.5 Å². The number of aliphatic hydroxyl groups excluding tert-OH is 2. The second-order valence-electron chi connectivity index (χ2n) is 11.6. The molecule has 0 unspecified atom stereocenters. The van der Waals surface area contributed by atoms with Crippen molar-refractivity contribution in [2.45, 2.75) is 26.1 Å². The molecule has 2 fully saturated rings. The van der Waals surface area contributed by atoms with Gasteiger partial charge in [-0.25, -0.2) is 0 Å². The zero-order valence-corrected chi connectivity index (χ0v) is 25.1. The van der Waals surface area contributed by atoms with Gasteiger partial charge in [-0.05, 0) is 62.4 Å². The maximum absolute atomic E-state index is 10.6. The van der Waals surface area contributed by atoms with Crippen LogP contribution in [-0.4, -0.2) is 111 Å². The fourth-order valence-electron chi connectivity index (χ4n) is 5.61. The van der Waals surface area contributed by atoms with Gasteiger partial charge >= 0.3 is 0 Å². The predicted molar refractivity (Wildman–Crippen MR) is 169 cm³/mol. The summed E-state index contributed by atoms with van der Waals surface area (Å²) in [6, 6.07) is 24.7. The fraction of sp³-hybridized carbons (Fsp3) is 0.471. The lowest BCUT2D eigenvalue weighted by atomic mass is 10.2. The molecule has 8 nitrogen and oxygen atoms in total. The van der Waals surface area contributed by atoms with Gasteiger partial charge in [-0.15, -0.1) is 0 Å². The number of piperazine rings is 2. The highest BCUT2D eigenvalue weighted by Crippen LogP contribution is 2.20. The molecule has 3 aromatic rings. The third-order valence-electron chi connectivity index (χ3n) is 8.19. The third-order valence-corrected chi connectivity index (χ3v) is 8.19. The Balaban J connectivity index is 0.951. The molecule has 2 atom stereocenters. The lowest BCUT2D eigenvalue weighted by Gasteiger charge is -2.37. The zero-order valence-electron chi connectivity index (χ0n) is 25.1. The highest BCUT2D eigenvalue weighted by molar-refractivity contribution is 5.48. The van der Waals surface area contributed by atoms with Crippen molar-refractivity contribution in [1.82, 2.24) is 9.80 Å². The number of aryl methyl sites for hydroxylation is 2. The maximum Gasteiger partial charge on any atom is 0.119 e. The van der Waals surface area contributed by atoms with Gasteiger partial charge in [-0.1, -0.05) is 35.4 Å². The molecule has 2 aliphatic heterocycles. The van der Waals surface area contributed by atoms with E-state index in [0.29, 0.717) is 24.6 Å². The molecular formula is C34H46N4O4. The zero-order chi connectivity index (χ0) is 29.3. The van der Waals surface area contributed by atoms with Gasteiger partial charge in [0.1, 0.15) is 36.9 Å². The van der Waals surface area contributed by atoms with Gasteiger partial charge in [0.15, 0.2) is 0 Å². The van der Waals surface area contributed by atoms with E-state index in [0.717, 1.165) is 52.4 Å². The van der Waals surface area contributed by atoms with Crippen LogP contribution in [-0.2, 0) is 0 Å². The van der Waals surface area contributed by atoms with Crippen LogP contribution in [0.2, 0.25) is 0 Å². The van der Waals surface area contributed by atoms with Crippen LogP contribution in [0, 0.1) is 13.8 Å². The number of anilines is 2. The molecule has 2 aliphatic rings. The Labute approximate surface area is 250 Å². The molecule has 0 bridgehead atoms. The molecule has 8 heteroatoms. The van der Waals surface area contributed by atoms with Crippen molar-refractivity contribution in [3.05, 3.63) is 83.9 Å². The first-order chi connectivity index (χ1) is 20.4. The van der Waals surface area contributed by atoms with Crippen molar-refractivity contribution in [3.8, 4) is 11.5 Å². The van der Waals surface area contributed by atoms with Gasteiger partial charge in [0.2, 0.25) is 0 Å². The average Bonchev–Trinajstić information content (AvgIpc) is 3.01. The van der Waals surface area contributed by atoms with Gasteiger partial charge in [-0.2, -0.15) is 0 Å². The minimum Gasteiger partial charge on any atom is -0.491 e. The first-order valence-electron chi connectivity index (χ1n) is 15.2. The molecule has 0 aromatic heterocycles. The predicted octanol–water partition coefficient (Wildman–Crippen LogP) is 3.43. The van der Waals surface area contributed by atoms with Crippen LogP contribution >= 0.6 is 0 Å². The number of hydrogen-bond acceptors (Lipinski definition) is 8. The highest BCUT2D eigenvalue weighted by Gasteiger charge is 2.21. The summed E-state index contributed by atoms with van der Waals surface area (Å²) in [7, 11) is 0. The number of nitrogens with zero attached hydrogens (tertiary/aromatic N) is 4. The summed E-state index contributed by atoms with van der Waals surface area (Å²) in [5.74, 6) is 1.38. The summed E-state index contributed by atoms with van der Waals surface area (Å²) < 4.78 is 11.7. The van der Waals surface area contributed by atoms with E-state index in [9.17, 15) is 10.2 Å². The molecule has 0 aliphatic carbocycles.